The smallest absolute Gasteiger partial charge is 0.203 e. The summed E-state index contributed by atoms with van der Waals surface area (Å²) in [6, 6.07) is 3.83. The van der Waals surface area contributed by atoms with Gasteiger partial charge in [-0.3, -0.25) is 0 Å². The lowest BCUT2D eigenvalue weighted by Crippen LogP contribution is -2.35. The Kier molecular flexibility index (Phi) is 6.30. The molecule has 2 N–H and O–H groups in total. The average molecular weight is 297 g/mol. The van der Waals surface area contributed by atoms with Crippen LogP contribution in [0.5, 0.6) is 17.2 Å². The minimum atomic E-state index is -0.554. The second kappa shape index (κ2) is 7.52. The minimum absolute atomic E-state index is 0.0297. The van der Waals surface area contributed by atoms with Crippen molar-refractivity contribution in [2.24, 2.45) is 0 Å². The standard InChI is InChI=1S/C16H27NO4/c1-11(18)10-21-15-13(19-5)7-12(8-14(15)20-6)9-17-16(2,3)4/h7-8,11,17-18H,9-10H2,1-6H3. The quantitative estimate of drug-likeness (QED) is 0.809. The van der Waals surface area contributed by atoms with Gasteiger partial charge in [-0.05, 0) is 45.4 Å². The predicted octanol–water partition coefficient (Wildman–Crippen LogP) is 2.35. The topological polar surface area (TPSA) is 60.0 Å². The van der Waals surface area contributed by atoms with E-state index in [-0.39, 0.29) is 12.1 Å². The second-order valence-electron chi connectivity index (χ2n) is 6.09. The van der Waals surface area contributed by atoms with Gasteiger partial charge >= 0.3 is 0 Å². The first-order chi connectivity index (χ1) is 9.76. The Morgan fingerprint density at radius 1 is 1.14 bits per heavy atom. The molecular weight excluding hydrogens is 270 g/mol. The number of benzene rings is 1. The van der Waals surface area contributed by atoms with Crippen LogP contribution >= 0.6 is 0 Å². The SMILES string of the molecule is COc1cc(CNC(C)(C)C)cc(OC)c1OCC(C)O. The fraction of sp³-hybridized carbons (Fsp3) is 0.625. The first kappa shape index (κ1) is 17.6. The van der Waals surface area contributed by atoms with E-state index < -0.39 is 6.10 Å². The van der Waals surface area contributed by atoms with Crippen LogP contribution in [0.3, 0.4) is 0 Å². The molecular formula is C16H27NO4. The van der Waals surface area contributed by atoms with Gasteiger partial charge in [0.15, 0.2) is 11.5 Å². The first-order valence-corrected chi connectivity index (χ1v) is 7.07. The molecule has 0 aromatic heterocycles. The Labute approximate surface area is 127 Å². The van der Waals surface area contributed by atoms with E-state index in [1.807, 2.05) is 12.1 Å². The summed E-state index contributed by atoms with van der Waals surface area (Å²) in [6.45, 7) is 8.89. The van der Waals surface area contributed by atoms with E-state index in [2.05, 4.69) is 26.1 Å². The molecule has 120 valence electrons. The zero-order chi connectivity index (χ0) is 16.0. The Morgan fingerprint density at radius 2 is 1.67 bits per heavy atom. The van der Waals surface area contributed by atoms with Crippen molar-refractivity contribution in [2.75, 3.05) is 20.8 Å². The number of hydrogen-bond acceptors (Lipinski definition) is 5. The lowest BCUT2D eigenvalue weighted by Gasteiger charge is -2.22. The van der Waals surface area contributed by atoms with E-state index in [1.54, 1.807) is 21.1 Å². The molecule has 1 unspecified atom stereocenters. The Bertz CT molecular complexity index is 427. The zero-order valence-electron chi connectivity index (χ0n) is 13.8. The third-order valence-electron chi connectivity index (χ3n) is 2.81. The number of methoxy groups -OCH3 is 2. The molecule has 0 aliphatic rings. The molecule has 21 heavy (non-hydrogen) atoms. The van der Waals surface area contributed by atoms with Gasteiger partial charge in [-0.1, -0.05) is 0 Å². The maximum Gasteiger partial charge on any atom is 0.203 e. The largest absolute Gasteiger partial charge is 0.493 e. The first-order valence-electron chi connectivity index (χ1n) is 7.07. The van der Waals surface area contributed by atoms with E-state index in [1.165, 1.54) is 0 Å². The summed E-state index contributed by atoms with van der Waals surface area (Å²) in [7, 11) is 3.18. The zero-order valence-corrected chi connectivity index (χ0v) is 13.8. The summed E-state index contributed by atoms with van der Waals surface area (Å²) in [4.78, 5) is 0. The summed E-state index contributed by atoms with van der Waals surface area (Å²) in [5.74, 6) is 1.71. The van der Waals surface area contributed by atoms with Crippen LogP contribution in [0.25, 0.3) is 0 Å². The van der Waals surface area contributed by atoms with Gasteiger partial charge < -0.3 is 24.6 Å². The van der Waals surface area contributed by atoms with E-state index >= 15 is 0 Å². The maximum atomic E-state index is 9.35. The van der Waals surface area contributed by atoms with Gasteiger partial charge in [-0.2, -0.15) is 0 Å². The van der Waals surface area contributed by atoms with Gasteiger partial charge in [0.05, 0.1) is 20.3 Å². The van der Waals surface area contributed by atoms with Crippen LogP contribution in [0.15, 0.2) is 12.1 Å². The van der Waals surface area contributed by atoms with Crippen molar-refractivity contribution in [3.63, 3.8) is 0 Å². The third kappa shape index (κ3) is 5.81. The summed E-state index contributed by atoms with van der Waals surface area (Å²) in [5, 5.41) is 12.8. The van der Waals surface area contributed by atoms with Crippen molar-refractivity contribution >= 4 is 0 Å². The number of ether oxygens (including phenoxy) is 3. The summed E-state index contributed by atoms with van der Waals surface area (Å²) in [6.07, 6.45) is -0.554. The van der Waals surface area contributed by atoms with Crippen molar-refractivity contribution in [1.29, 1.82) is 0 Å². The van der Waals surface area contributed by atoms with Crippen LogP contribution in [0.1, 0.15) is 33.3 Å². The lowest BCUT2D eigenvalue weighted by molar-refractivity contribution is 0.118. The van der Waals surface area contributed by atoms with Crippen molar-refractivity contribution < 1.29 is 19.3 Å². The summed E-state index contributed by atoms with van der Waals surface area (Å²) < 4.78 is 16.3. The van der Waals surface area contributed by atoms with Gasteiger partial charge in [0, 0.05) is 12.1 Å². The van der Waals surface area contributed by atoms with Gasteiger partial charge in [-0.25, -0.2) is 0 Å². The Balaban J connectivity index is 2.99. The molecule has 0 heterocycles. The highest BCUT2D eigenvalue weighted by Gasteiger charge is 2.16. The average Bonchev–Trinajstić information content (AvgIpc) is 2.41. The van der Waals surface area contributed by atoms with Gasteiger partial charge in [-0.15, -0.1) is 0 Å². The molecule has 1 aromatic carbocycles. The summed E-state index contributed by atoms with van der Waals surface area (Å²) >= 11 is 0. The normalized spacial score (nSPS) is 12.9. The van der Waals surface area contributed by atoms with Crippen molar-refractivity contribution in [3.8, 4) is 17.2 Å². The van der Waals surface area contributed by atoms with E-state index in [9.17, 15) is 5.11 Å². The molecule has 0 radical (unpaired) electrons. The van der Waals surface area contributed by atoms with Crippen molar-refractivity contribution in [3.05, 3.63) is 17.7 Å². The molecule has 0 aliphatic carbocycles. The van der Waals surface area contributed by atoms with Crippen LogP contribution in [0.2, 0.25) is 0 Å². The molecule has 0 saturated carbocycles. The van der Waals surface area contributed by atoms with Crippen LogP contribution < -0.4 is 19.5 Å². The van der Waals surface area contributed by atoms with Crippen LogP contribution in [0.4, 0.5) is 0 Å². The Hall–Kier alpha value is -1.46. The van der Waals surface area contributed by atoms with Crippen molar-refractivity contribution in [2.45, 2.75) is 45.9 Å². The molecule has 0 bridgehead atoms. The predicted molar refractivity (Wildman–Crippen MR) is 83.3 cm³/mol. The monoisotopic (exact) mass is 297 g/mol. The fourth-order valence-corrected chi connectivity index (χ4v) is 1.75. The maximum absolute atomic E-state index is 9.35. The summed E-state index contributed by atoms with van der Waals surface area (Å²) in [5.41, 5.74) is 1.07. The van der Waals surface area contributed by atoms with Crippen LogP contribution in [0, 0.1) is 0 Å². The molecule has 0 spiro atoms. The number of nitrogens with one attached hydrogen (secondary N) is 1. The highest BCUT2D eigenvalue weighted by Crippen LogP contribution is 2.38. The lowest BCUT2D eigenvalue weighted by atomic mass is 10.1. The molecule has 0 fully saturated rings. The third-order valence-corrected chi connectivity index (χ3v) is 2.81. The molecule has 1 rings (SSSR count). The van der Waals surface area contributed by atoms with Crippen LogP contribution in [-0.4, -0.2) is 37.6 Å². The molecule has 5 nitrogen and oxygen atoms in total. The molecule has 1 aromatic rings. The molecule has 1 atom stereocenters. The second-order valence-corrected chi connectivity index (χ2v) is 6.09. The van der Waals surface area contributed by atoms with Gasteiger partial charge in [0.2, 0.25) is 5.75 Å². The highest BCUT2D eigenvalue weighted by atomic mass is 16.5. The minimum Gasteiger partial charge on any atom is -0.493 e. The molecule has 0 aliphatic heterocycles. The fourth-order valence-electron chi connectivity index (χ4n) is 1.75. The van der Waals surface area contributed by atoms with Gasteiger partial charge in [0.1, 0.15) is 6.61 Å². The highest BCUT2D eigenvalue weighted by molar-refractivity contribution is 5.53. The molecule has 0 saturated heterocycles. The molecule has 0 amide bonds. The number of rotatable bonds is 7. The van der Waals surface area contributed by atoms with E-state index in [0.717, 1.165) is 5.56 Å². The number of aliphatic hydroxyl groups is 1. The van der Waals surface area contributed by atoms with E-state index in [4.69, 9.17) is 14.2 Å². The molecule has 5 heteroatoms. The number of aliphatic hydroxyl groups excluding tert-OH is 1. The number of hydrogen-bond donors (Lipinski definition) is 2. The van der Waals surface area contributed by atoms with Crippen molar-refractivity contribution in [1.82, 2.24) is 5.32 Å². The van der Waals surface area contributed by atoms with E-state index in [0.29, 0.717) is 23.8 Å². The van der Waals surface area contributed by atoms with Gasteiger partial charge in [0.25, 0.3) is 0 Å². The van der Waals surface area contributed by atoms with Crippen LogP contribution in [-0.2, 0) is 6.54 Å². The Morgan fingerprint density at radius 3 is 2.05 bits per heavy atom.